The molecule has 0 saturated heterocycles. The van der Waals surface area contributed by atoms with Gasteiger partial charge in [-0.1, -0.05) is 0 Å². The molecule has 0 spiro atoms. The Bertz CT molecular complexity index is 464. The molecule has 0 aliphatic rings. The summed E-state index contributed by atoms with van der Waals surface area (Å²) >= 11 is 1.71. The molecule has 0 radical (unpaired) electrons. The van der Waals surface area contributed by atoms with E-state index in [1.54, 1.807) is 11.3 Å². The monoisotopic (exact) mass is 222 g/mol. The fourth-order valence-corrected chi connectivity index (χ4v) is 2.41. The number of hydrogen-bond acceptors (Lipinski definition) is 4. The molecule has 0 aliphatic carbocycles. The van der Waals surface area contributed by atoms with Crippen molar-refractivity contribution in [3.63, 3.8) is 0 Å². The van der Waals surface area contributed by atoms with Crippen LogP contribution in [0, 0.1) is 20.8 Å². The summed E-state index contributed by atoms with van der Waals surface area (Å²) < 4.78 is 1.87. The number of nitrogens with two attached hydrogens (primary N) is 1. The first-order valence-corrected chi connectivity index (χ1v) is 5.60. The highest BCUT2D eigenvalue weighted by Crippen LogP contribution is 2.19. The Morgan fingerprint density at radius 3 is 2.60 bits per heavy atom. The maximum absolute atomic E-state index is 5.69. The first-order chi connectivity index (χ1) is 7.06. The van der Waals surface area contributed by atoms with Crippen molar-refractivity contribution in [2.45, 2.75) is 27.3 Å². The zero-order valence-corrected chi connectivity index (χ0v) is 9.93. The second-order valence-corrected chi connectivity index (χ2v) is 4.92. The normalized spacial score (nSPS) is 10.9. The highest BCUT2D eigenvalue weighted by atomic mass is 32.1. The highest BCUT2D eigenvalue weighted by Gasteiger charge is 2.07. The summed E-state index contributed by atoms with van der Waals surface area (Å²) in [7, 11) is 0. The van der Waals surface area contributed by atoms with E-state index in [2.05, 4.69) is 10.1 Å². The third kappa shape index (κ3) is 2.02. The number of aryl methyl sites for hydroxylation is 3. The van der Waals surface area contributed by atoms with Gasteiger partial charge in [-0.3, -0.25) is 4.68 Å². The Kier molecular flexibility index (Phi) is 2.48. The van der Waals surface area contributed by atoms with E-state index in [0.29, 0.717) is 5.82 Å². The van der Waals surface area contributed by atoms with Crippen molar-refractivity contribution in [1.82, 2.24) is 14.8 Å². The first-order valence-electron chi connectivity index (χ1n) is 4.78. The minimum Gasteiger partial charge on any atom is -0.382 e. The van der Waals surface area contributed by atoms with Crippen molar-refractivity contribution in [2.75, 3.05) is 5.73 Å². The molecular weight excluding hydrogens is 208 g/mol. The number of hydrogen-bond donors (Lipinski definition) is 1. The van der Waals surface area contributed by atoms with Crippen molar-refractivity contribution in [3.05, 3.63) is 27.3 Å². The second-order valence-electron chi connectivity index (χ2n) is 3.64. The first kappa shape index (κ1) is 10.2. The van der Waals surface area contributed by atoms with Gasteiger partial charge < -0.3 is 5.73 Å². The van der Waals surface area contributed by atoms with Crippen LogP contribution in [0.2, 0.25) is 0 Å². The van der Waals surface area contributed by atoms with Crippen molar-refractivity contribution < 1.29 is 0 Å². The molecule has 2 heterocycles. The topological polar surface area (TPSA) is 56.7 Å². The van der Waals surface area contributed by atoms with E-state index in [-0.39, 0.29) is 0 Å². The summed E-state index contributed by atoms with van der Waals surface area (Å²) in [6.45, 7) is 6.77. The molecule has 0 fully saturated rings. The van der Waals surface area contributed by atoms with Gasteiger partial charge in [0.05, 0.1) is 17.2 Å². The van der Waals surface area contributed by atoms with Crippen molar-refractivity contribution in [3.8, 4) is 0 Å². The average Bonchev–Trinajstić information content (AvgIpc) is 2.59. The maximum atomic E-state index is 5.69. The average molecular weight is 222 g/mol. The van der Waals surface area contributed by atoms with Gasteiger partial charge in [-0.15, -0.1) is 11.3 Å². The van der Waals surface area contributed by atoms with Gasteiger partial charge in [0.2, 0.25) is 0 Å². The summed E-state index contributed by atoms with van der Waals surface area (Å²) in [4.78, 5) is 5.63. The lowest BCUT2D eigenvalue weighted by atomic mass is 10.4. The quantitative estimate of drug-likeness (QED) is 0.844. The molecule has 4 nitrogen and oxygen atoms in total. The van der Waals surface area contributed by atoms with Gasteiger partial charge in [0.1, 0.15) is 5.82 Å². The van der Waals surface area contributed by atoms with Crippen LogP contribution in [0.1, 0.15) is 21.1 Å². The number of nitrogens with zero attached hydrogens (tertiary/aromatic N) is 3. The molecule has 80 valence electrons. The molecule has 0 unspecified atom stereocenters. The molecule has 5 heteroatoms. The van der Waals surface area contributed by atoms with Crippen LogP contribution >= 0.6 is 11.3 Å². The smallest absolute Gasteiger partial charge is 0.148 e. The van der Waals surface area contributed by atoms with E-state index in [0.717, 1.165) is 22.8 Å². The zero-order valence-electron chi connectivity index (χ0n) is 9.11. The van der Waals surface area contributed by atoms with Gasteiger partial charge in [0.15, 0.2) is 0 Å². The fourth-order valence-electron chi connectivity index (χ4n) is 1.48. The number of nitrogen functional groups attached to an aromatic ring is 1. The molecule has 0 bridgehead atoms. The second kappa shape index (κ2) is 3.66. The van der Waals surface area contributed by atoms with Gasteiger partial charge in [-0.25, -0.2) is 4.98 Å². The lowest BCUT2D eigenvalue weighted by Crippen LogP contribution is -2.00. The van der Waals surface area contributed by atoms with E-state index in [4.69, 9.17) is 5.73 Å². The molecule has 0 atom stereocenters. The molecular formula is C10H14N4S. The maximum Gasteiger partial charge on any atom is 0.148 e. The van der Waals surface area contributed by atoms with E-state index in [1.807, 2.05) is 31.6 Å². The van der Waals surface area contributed by atoms with Crippen LogP contribution < -0.4 is 5.73 Å². The SMILES string of the molecule is Cc1nc(C)c(Cn2cc(C)c(N)n2)s1. The standard InChI is InChI=1S/C10H14N4S/c1-6-4-14(13-10(6)11)5-9-7(2)12-8(3)15-9/h4H,5H2,1-3H3,(H2,11,13). The Morgan fingerprint density at radius 1 is 1.40 bits per heavy atom. The Balaban J connectivity index is 2.25. The van der Waals surface area contributed by atoms with E-state index in [9.17, 15) is 0 Å². The summed E-state index contributed by atoms with van der Waals surface area (Å²) in [6.07, 6.45) is 1.96. The van der Waals surface area contributed by atoms with E-state index < -0.39 is 0 Å². The molecule has 2 N–H and O–H groups in total. The van der Waals surface area contributed by atoms with Gasteiger partial charge in [-0.2, -0.15) is 5.10 Å². The fraction of sp³-hybridized carbons (Fsp3) is 0.400. The van der Waals surface area contributed by atoms with Gasteiger partial charge in [-0.05, 0) is 20.8 Å². The van der Waals surface area contributed by atoms with Crippen LogP contribution in [0.5, 0.6) is 0 Å². The van der Waals surface area contributed by atoms with Crippen molar-refractivity contribution >= 4 is 17.2 Å². The molecule has 2 aromatic rings. The molecule has 0 amide bonds. The minimum absolute atomic E-state index is 0.605. The molecule has 0 aliphatic heterocycles. The van der Waals surface area contributed by atoms with Crippen LogP contribution in [0.25, 0.3) is 0 Å². The summed E-state index contributed by atoms with van der Waals surface area (Å²) in [5, 5.41) is 5.33. The zero-order chi connectivity index (χ0) is 11.0. The van der Waals surface area contributed by atoms with Crippen molar-refractivity contribution in [2.24, 2.45) is 0 Å². The van der Waals surface area contributed by atoms with Crippen LogP contribution in [-0.2, 0) is 6.54 Å². The molecule has 0 saturated carbocycles. The van der Waals surface area contributed by atoms with Crippen LogP contribution in [0.3, 0.4) is 0 Å². The van der Waals surface area contributed by atoms with E-state index >= 15 is 0 Å². The van der Waals surface area contributed by atoms with Crippen LogP contribution in [0.4, 0.5) is 5.82 Å². The number of rotatable bonds is 2. The van der Waals surface area contributed by atoms with Gasteiger partial charge in [0.25, 0.3) is 0 Å². The van der Waals surface area contributed by atoms with Gasteiger partial charge >= 0.3 is 0 Å². The van der Waals surface area contributed by atoms with Crippen LogP contribution in [-0.4, -0.2) is 14.8 Å². The number of aromatic nitrogens is 3. The summed E-state index contributed by atoms with van der Waals surface area (Å²) in [5.41, 5.74) is 7.80. The molecule has 2 rings (SSSR count). The number of thiazole rings is 1. The van der Waals surface area contributed by atoms with E-state index in [1.165, 1.54) is 4.88 Å². The minimum atomic E-state index is 0.605. The molecule has 0 aromatic carbocycles. The number of anilines is 1. The third-order valence-electron chi connectivity index (χ3n) is 2.29. The van der Waals surface area contributed by atoms with Crippen molar-refractivity contribution in [1.29, 1.82) is 0 Å². The Labute approximate surface area is 92.8 Å². The Hall–Kier alpha value is -1.36. The molecule has 2 aromatic heterocycles. The summed E-state index contributed by atoms with van der Waals surface area (Å²) in [6, 6.07) is 0. The highest BCUT2D eigenvalue weighted by molar-refractivity contribution is 7.11. The predicted molar refractivity (Wildman–Crippen MR) is 62.1 cm³/mol. The predicted octanol–water partition coefficient (Wildman–Crippen LogP) is 1.90. The lowest BCUT2D eigenvalue weighted by molar-refractivity contribution is 0.693. The molecule has 15 heavy (non-hydrogen) atoms. The van der Waals surface area contributed by atoms with Gasteiger partial charge in [0, 0.05) is 16.6 Å². The summed E-state index contributed by atoms with van der Waals surface area (Å²) in [5.74, 6) is 0.605. The lowest BCUT2D eigenvalue weighted by Gasteiger charge is -1.98. The van der Waals surface area contributed by atoms with Crippen LogP contribution in [0.15, 0.2) is 6.20 Å². The third-order valence-corrected chi connectivity index (χ3v) is 3.35. The Morgan fingerprint density at radius 2 is 2.13 bits per heavy atom. The largest absolute Gasteiger partial charge is 0.382 e.